The summed E-state index contributed by atoms with van der Waals surface area (Å²) < 4.78 is 6.79. The molecule has 0 aliphatic carbocycles. The number of hydrogen-bond acceptors (Lipinski definition) is 2. The Morgan fingerprint density at radius 1 is 0.345 bits per heavy atom. The average molecular weight is 700 g/mol. The minimum atomic E-state index is 0.601. The van der Waals surface area contributed by atoms with E-state index in [1.54, 1.807) is 0 Å². The van der Waals surface area contributed by atoms with Crippen molar-refractivity contribution in [3.8, 4) is 40.3 Å². The lowest BCUT2D eigenvalue weighted by molar-refractivity contribution is 1.16. The van der Waals surface area contributed by atoms with Gasteiger partial charge < -0.3 is 13.7 Å². The molecular formula is C50H29N5. The van der Waals surface area contributed by atoms with Crippen molar-refractivity contribution in [1.82, 2.24) is 13.7 Å². The summed E-state index contributed by atoms with van der Waals surface area (Å²) in [6.45, 7) is 0. The zero-order valence-corrected chi connectivity index (χ0v) is 29.5. The minimum absolute atomic E-state index is 0.601. The summed E-state index contributed by atoms with van der Waals surface area (Å²) in [5.74, 6) is 0. The van der Waals surface area contributed by atoms with Crippen molar-refractivity contribution < 1.29 is 0 Å². The van der Waals surface area contributed by atoms with Gasteiger partial charge >= 0.3 is 0 Å². The lowest BCUT2D eigenvalue weighted by Crippen LogP contribution is -2.00. The Hall–Kier alpha value is -7.86. The number of hydrogen-bond donors (Lipinski definition) is 0. The fourth-order valence-electron chi connectivity index (χ4n) is 8.74. The molecule has 5 heteroatoms. The molecule has 3 aromatic heterocycles. The first-order chi connectivity index (χ1) is 27.2. The molecule has 0 amide bonds. The molecular weight excluding hydrogens is 671 g/mol. The number of nitriles is 2. The third kappa shape index (κ3) is 4.45. The molecule has 5 nitrogen and oxygen atoms in total. The van der Waals surface area contributed by atoms with E-state index in [-0.39, 0.29) is 0 Å². The molecule has 0 N–H and O–H groups in total. The van der Waals surface area contributed by atoms with Crippen LogP contribution in [0.25, 0.3) is 93.6 Å². The molecule has 0 aliphatic heterocycles. The summed E-state index contributed by atoms with van der Waals surface area (Å²) >= 11 is 0. The van der Waals surface area contributed by atoms with Crippen molar-refractivity contribution in [3.05, 3.63) is 187 Å². The van der Waals surface area contributed by atoms with Crippen molar-refractivity contribution >= 4 is 65.4 Å². The van der Waals surface area contributed by atoms with E-state index in [0.717, 1.165) is 82.8 Å². The van der Waals surface area contributed by atoms with Crippen LogP contribution in [0, 0.1) is 22.7 Å². The quantitative estimate of drug-likeness (QED) is 0.184. The van der Waals surface area contributed by atoms with Gasteiger partial charge in [0.25, 0.3) is 0 Å². The maximum atomic E-state index is 10.7. The van der Waals surface area contributed by atoms with Gasteiger partial charge in [-0.05, 0) is 78.4 Å². The average Bonchev–Trinajstić information content (AvgIpc) is 3.88. The zero-order valence-electron chi connectivity index (χ0n) is 29.5. The lowest BCUT2D eigenvalue weighted by Gasteiger charge is -2.16. The molecule has 3 heterocycles. The predicted octanol–water partition coefficient (Wildman–Crippen LogP) is 12.4. The molecule has 8 aromatic carbocycles. The van der Waals surface area contributed by atoms with Crippen molar-refractivity contribution in [2.24, 2.45) is 0 Å². The summed E-state index contributed by atoms with van der Waals surface area (Å²) in [4.78, 5) is 0. The summed E-state index contributed by atoms with van der Waals surface area (Å²) in [5.41, 5.74) is 12.4. The summed E-state index contributed by atoms with van der Waals surface area (Å²) in [5, 5.41) is 27.6. The second-order valence-electron chi connectivity index (χ2n) is 14.0. The Balaban J connectivity index is 1.11. The Kier molecular flexibility index (Phi) is 6.61. The smallest absolute Gasteiger partial charge is 0.101 e. The Labute approximate surface area is 316 Å². The first-order valence-corrected chi connectivity index (χ1v) is 18.3. The van der Waals surface area contributed by atoms with E-state index in [1.165, 1.54) is 10.8 Å². The highest BCUT2D eigenvalue weighted by Crippen LogP contribution is 2.40. The van der Waals surface area contributed by atoms with Gasteiger partial charge in [-0.15, -0.1) is 0 Å². The van der Waals surface area contributed by atoms with E-state index in [2.05, 4.69) is 184 Å². The number of aromatic nitrogens is 3. The molecule has 0 aliphatic rings. The number of rotatable bonds is 4. The number of nitrogens with zero attached hydrogens (tertiary/aromatic N) is 5. The fraction of sp³-hybridized carbons (Fsp3) is 0. The second kappa shape index (κ2) is 11.8. The molecule has 11 aromatic rings. The highest BCUT2D eigenvalue weighted by molar-refractivity contribution is 6.13. The SMILES string of the molecule is N#Cc1ccc(-n2c3ccccc3c3ccccc32)c(-c2ccc(-n3c4ccccc4c4cc(-n5c6ccccc6c6ccccc65)c(C#N)cc43)cc2)c1. The van der Waals surface area contributed by atoms with Gasteiger partial charge in [-0.2, -0.15) is 10.5 Å². The molecule has 0 saturated heterocycles. The topological polar surface area (TPSA) is 62.4 Å². The minimum Gasteiger partial charge on any atom is -0.309 e. The highest BCUT2D eigenvalue weighted by Gasteiger charge is 2.20. The predicted molar refractivity (Wildman–Crippen MR) is 224 cm³/mol. The van der Waals surface area contributed by atoms with E-state index in [4.69, 9.17) is 0 Å². The van der Waals surface area contributed by atoms with E-state index >= 15 is 0 Å². The molecule has 0 bridgehead atoms. The van der Waals surface area contributed by atoms with Crippen molar-refractivity contribution in [2.75, 3.05) is 0 Å². The van der Waals surface area contributed by atoms with Crippen LogP contribution in [0.1, 0.15) is 11.1 Å². The lowest BCUT2D eigenvalue weighted by atomic mass is 10.00. The van der Waals surface area contributed by atoms with Crippen molar-refractivity contribution in [2.45, 2.75) is 0 Å². The van der Waals surface area contributed by atoms with Gasteiger partial charge in [-0.3, -0.25) is 0 Å². The van der Waals surface area contributed by atoms with Crippen LogP contribution in [0.5, 0.6) is 0 Å². The van der Waals surface area contributed by atoms with Crippen molar-refractivity contribution in [3.63, 3.8) is 0 Å². The molecule has 0 saturated carbocycles. The third-order valence-electron chi connectivity index (χ3n) is 11.1. The molecule has 0 radical (unpaired) electrons. The number of para-hydroxylation sites is 5. The van der Waals surface area contributed by atoms with Gasteiger partial charge in [0.15, 0.2) is 0 Å². The summed E-state index contributed by atoms with van der Waals surface area (Å²) in [6, 6.07) is 65.9. The van der Waals surface area contributed by atoms with Crippen LogP contribution in [0.15, 0.2) is 176 Å². The van der Waals surface area contributed by atoms with E-state index < -0.39 is 0 Å². The van der Waals surface area contributed by atoms with Gasteiger partial charge in [-0.25, -0.2) is 0 Å². The van der Waals surface area contributed by atoms with Gasteiger partial charge in [0, 0.05) is 43.6 Å². The van der Waals surface area contributed by atoms with Crippen LogP contribution in [0.4, 0.5) is 0 Å². The van der Waals surface area contributed by atoms with Gasteiger partial charge in [0.1, 0.15) is 6.07 Å². The van der Waals surface area contributed by atoms with Gasteiger partial charge in [0.05, 0.1) is 61.7 Å². The Morgan fingerprint density at radius 2 is 0.800 bits per heavy atom. The monoisotopic (exact) mass is 699 g/mol. The normalized spacial score (nSPS) is 11.6. The van der Waals surface area contributed by atoms with Gasteiger partial charge in [-0.1, -0.05) is 103 Å². The molecule has 254 valence electrons. The Bertz CT molecular complexity index is 3350. The molecule has 0 unspecified atom stereocenters. The molecule has 0 fully saturated rings. The van der Waals surface area contributed by atoms with Crippen LogP contribution in [-0.2, 0) is 0 Å². The number of benzene rings is 8. The van der Waals surface area contributed by atoms with E-state index in [1.807, 2.05) is 18.2 Å². The van der Waals surface area contributed by atoms with E-state index in [9.17, 15) is 10.5 Å². The Morgan fingerprint density at radius 3 is 1.29 bits per heavy atom. The summed E-state index contributed by atoms with van der Waals surface area (Å²) in [7, 11) is 0. The van der Waals surface area contributed by atoms with E-state index in [0.29, 0.717) is 11.1 Å². The van der Waals surface area contributed by atoms with Crippen LogP contribution >= 0.6 is 0 Å². The molecule has 11 rings (SSSR count). The highest BCUT2D eigenvalue weighted by atomic mass is 15.0. The van der Waals surface area contributed by atoms with Crippen molar-refractivity contribution in [1.29, 1.82) is 10.5 Å². The largest absolute Gasteiger partial charge is 0.309 e. The summed E-state index contributed by atoms with van der Waals surface area (Å²) in [6.07, 6.45) is 0. The van der Waals surface area contributed by atoms with Gasteiger partial charge in [0.2, 0.25) is 0 Å². The fourth-order valence-corrected chi connectivity index (χ4v) is 8.74. The maximum Gasteiger partial charge on any atom is 0.101 e. The first kappa shape index (κ1) is 30.7. The van der Waals surface area contributed by atoms with Crippen LogP contribution in [0.2, 0.25) is 0 Å². The molecule has 0 spiro atoms. The zero-order chi connectivity index (χ0) is 36.6. The van der Waals surface area contributed by atoms with Crippen LogP contribution in [-0.4, -0.2) is 13.7 Å². The van der Waals surface area contributed by atoms with Crippen LogP contribution < -0.4 is 0 Å². The molecule has 0 atom stereocenters. The third-order valence-corrected chi connectivity index (χ3v) is 11.1. The standard InChI is InChI=1S/C50H29N5/c51-30-32-21-26-48(54-44-17-7-1-11-36(44)37-12-2-8-18-45(37)54)41(27-32)33-22-24-35(25-23-33)53-43-16-6-5-15-40(43)42-29-49(34(31-52)28-50(42)53)55-46-19-9-3-13-38(46)39-14-4-10-20-47(39)55/h1-29H. The molecule has 55 heavy (non-hydrogen) atoms. The second-order valence-corrected chi connectivity index (χ2v) is 14.0. The van der Waals surface area contributed by atoms with Crippen LogP contribution in [0.3, 0.4) is 0 Å². The maximum absolute atomic E-state index is 10.7. The first-order valence-electron chi connectivity index (χ1n) is 18.3. The number of fused-ring (bicyclic) bond motifs is 9.